The van der Waals surface area contributed by atoms with Gasteiger partial charge in [-0.05, 0) is 55.2 Å². The van der Waals surface area contributed by atoms with Gasteiger partial charge < -0.3 is 19.7 Å². The molecule has 6 nitrogen and oxygen atoms in total. The summed E-state index contributed by atoms with van der Waals surface area (Å²) in [5.74, 6) is 1.09. The molecule has 154 valence electrons. The summed E-state index contributed by atoms with van der Waals surface area (Å²) in [5.41, 5.74) is 3.03. The Morgan fingerprint density at radius 3 is 2.55 bits per heavy atom. The summed E-state index contributed by atoms with van der Waals surface area (Å²) in [5, 5.41) is 2.58. The van der Waals surface area contributed by atoms with Gasteiger partial charge in [-0.3, -0.25) is 9.59 Å². The standard InChI is InChI=1S/C23H28N2O4/c1-14(2)18-11-10-17(12-15(18)3)28-16(4)23(27)25-13-21(22(26)24-5)29-20-9-7-6-8-19(20)25/h6-12,14,16,21H,13H2,1-5H3,(H,24,26)/t16-,21+/m1/s1. The number of anilines is 1. The van der Waals surface area contributed by atoms with Gasteiger partial charge in [0.15, 0.2) is 12.2 Å². The van der Waals surface area contributed by atoms with E-state index in [9.17, 15) is 9.59 Å². The zero-order valence-corrected chi connectivity index (χ0v) is 17.6. The van der Waals surface area contributed by atoms with Crippen LogP contribution in [0.3, 0.4) is 0 Å². The molecular weight excluding hydrogens is 368 g/mol. The van der Waals surface area contributed by atoms with Crippen molar-refractivity contribution in [3.63, 3.8) is 0 Å². The summed E-state index contributed by atoms with van der Waals surface area (Å²) in [6.45, 7) is 8.19. The summed E-state index contributed by atoms with van der Waals surface area (Å²) >= 11 is 0. The molecule has 0 spiro atoms. The second kappa shape index (κ2) is 8.55. The number of para-hydroxylation sites is 2. The number of fused-ring (bicyclic) bond motifs is 1. The van der Waals surface area contributed by atoms with E-state index in [2.05, 4.69) is 19.2 Å². The van der Waals surface area contributed by atoms with Gasteiger partial charge in [-0.2, -0.15) is 0 Å². The zero-order valence-electron chi connectivity index (χ0n) is 17.6. The third-order valence-corrected chi connectivity index (χ3v) is 5.10. The van der Waals surface area contributed by atoms with E-state index in [0.717, 1.165) is 5.56 Å². The zero-order chi connectivity index (χ0) is 21.1. The van der Waals surface area contributed by atoms with Crippen LogP contribution in [0.4, 0.5) is 5.69 Å². The van der Waals surface area contributed by atoms with E-state index in [0.29, 0.717) is 23.1 Å². The number of hydrogen-bond acceptors (Lipinski definition) is 4. The van der Waals surface area contributed by atoms with Gasteiger partial charge in [0.05, 0.1) is 12.2 Å². The largest absolute Gasteiger partial charge is 0.481 e. The maximum Gasteiger partial charge on any atom is 0.268 e. The van der Waals surface area contributed by atoms with Crippen molar-refractivity contribution in [2.45, 2.75) is 45.8 Å². The summed E-state index contributed by atoms with van der Waals surface area (Å²) < 4.78 is 11.7. The number of hydrogen-bond donors (Lipinski definition) is 1. The third kappa shape index (κ3) is 4.36. The van der Waals surface area contributed by atoms with Crippen LogP contribution in [-0.2, 0) is 9.59 Å². The minimum Gasteiger partial charge on any atom is -0.481 e. The molecule has 2 amide bonds. The normalized spacial score (nSPS) is 16.6. The number of carbonyl (C=O) groups is 2. The first-order valence-electron chi connectivity index (χ1n) is 9.87. The smallest absolute Gasteiger partial charge is 0.268 e. The van der Waals surface area contributed by atoms with Gasteiger partial charge in [0.2, 0.25) is 0 Å². The average Bonchev–Trinajstić information content (AvgIpc) is 2.71. The number of rotatable bonds is 5. The fraction of sp³-hybridized carbons (Fsp3) is 0.391. The van der Waals surface area contributed by atoms with Crippen LogP contribution in [0, 0.1) is 6.92 Å². The van der Waals surface area contributed by atoms with Crippen molar-refractivity contribution in [2.24, 2.45) is 0 Å². The van der Waals surface area contributed by atoms with Gasteiger partial charge in [-0.25, -0.2) is 0 Å². The first-order valence-corrected chi connectivity index (χ1v) is 9.87. The summed E-state index contributed by atoms with van der Waals surface area (Å²) in [6.07, 6.45) is -1.48. The molecular formula is C23H28N2O4. The second-order valence-electron chi connectivity index (χ2n) is 7.57. The fourth-order valence-electron chi connectivity index (χ4n) is 3.58. The maximum absolute atomic E-state index is 13.2. The molecule has 0 bridgehead atoms. The molecule has 0 aliphatic carbocycles. The van der Waals surface area contributed by atoms with Crippen LogP contribution in [0.25, 0.3) is 0 Å². The Bertz CT molecular complexity index is 910. The minimum absolute atomic E-state index is 0.133. The molecule has 0 aromatic heterocycles. The van der Waals surface area contributed by atoms with E-state index < -0.39 is 12.2 Å². The number of amides is 2. The SMILES string of the molecule is CNC(=O)[C@@H]1CN(C(=O)[C@@H](C)Oc2ccc(C(C)C)c(C)c2)c2ccccc2O1. The molecule has 0 saturated heterocycles. The first kappa shape index (κ1) is 20.7. The number of nitrogens with one attached hydrogen (secondary N) is 1. The lowest BCUT2D eigenvalue weighted by molar-refractivity contribution is -0.129. The van der Waals surface area contributed by atoms with Crippen LogP contribution in [-0.4, -0.2) is 37.6 Å². The molecule has 0 radical (unpaired) electrons. The van der Waals surface area contributed by atoms with Crippen LogP contribution in [0.15, 0.2) is 42.5 Å². The van der Waals surface area contributed by atoms with E-state index in [1.165, 1.54) is 5.56 Å². The molecule has 2 aromatic rings. The summed E-state index contributed by atoms with van der Waals surface area (Å²) in [7, 11) is 1.55. The number of aryl methyl sites for hydroxylation is 1. The number of likely N-dealkylation sites (N-methyl/N-ethyl adjacent to an activating group) is 1. The Kier molecular flexibility index (Phi) is 6.11. The average molecular weight is 396 g/mol. The van der Waals surface area contributed by atoms with Gasteiger partial charge in [-0.1, -0.05) is 32.0 Å². The Morgan fingerprint density at radius 2 is 1.90 bits per heavy atom. The highest BCUT2D eigenvalue weighted by Crippen LogP contribution is 2.34. The van der Waals surface area contributed by atoms with Crippen LogP contribution < -0.4 is 19.7 Å². The van der Waals surface area contributed by atoms with Gasteiger partial charge in [0, 0.05) is 7.05 Å². The Balaban J connectivity index is 1.81. The first-order chi connectivity index (χ1) is 13.8. The number of nitrogens with zero attached hydrogens (tertiary/aromatic N) is 1. The molecule has 0 saturated carbocycles. The molecule has 0 fully saturated rings. The van der Waals surface area contributed by atoms with Crippen molar-refractivity contribution >= 4 is 17.5 Å². The van der Waals surface area contributed by atoms with E-state index in [4.69, 9.17) is 9.47 Å². The van der Waals surface area contributed by atoms with Crippen molar-refractivity contribution in [3.05, 3.63) is 53.6 Å². The van der Waals surface area contributed by atoms with E-state index in [1.807, 2.05) is 43.3 Å². The topological polar surface area (TPSA) is 67.9 Å². The van der Waals surface area contributed by atoms with Crippen LogP contribution >= 0.6 is 0 Å². The second-order valence-corrected chi connectivity index (χ2v) is 7.57. The van der Waals surface area contributed by atoms with Gasteiger partial charge in [0.1, 0.15) is 11.5 Å². The Hall–Kier alpha value is -3.02. The predicted molar refractivity (Wildman–Crippen MR) is 113 cm³/mol. The van der Waals surface area contributed by atoms with Gasteiger partial charge >= 0.3 is 0 Å². The molecule has 3 rings (SSSR count). The van der Waals surface area contributed by atoms with Crippen LogP contribution in [0.2, 0.25) is 0 Å². The number of carbonyl (C=O) groups excluding carboxylic acids is 2. The van der Waals surface area contributed by atoms with Crippen LogP contribution in [0.5, 0.6) is 11.5 Å². The van der Waals surface area contributed by atoms with Crippen molar-refractivity contribution < 1.29 is 19.1 Å². The Morgan fingerprint density at radius 1 is 1.17 bits per heavy atom. The van der Waals surface area contributed by atoms with Gasteiger partial charge in [0.25, 0.3) is 11.8 Å². The molecule has 6 heteroatoms. The highest BCUT2D eigenvalue weighted by Gasteiger charge is 2.35. The molecule has 1 aliphatic heterocycles. The fourth-order valence-corrected chi connectivity index (χ4v) is 3.58. The van der Waals surface area contributed by atoms with Crippen molar-refractivity contribution in [3.8, 4) is 11.5 Å². The van der Waals surface area contributed by atoms with E-state index >= 15 is 0 Å². The lowest BCUT2D eigenvalue weighted by atomic mass is 9.98. The highest BCUT2D eigenvalue weighted by atomic mass is 16.5. The van der Waals surface area contributed by atoms with Crippen LogP contribution in [0.1, 0.15) is 37.8 Å². The monoisotopic (exact) mass is 396 g/mol. The molecule has 2 atom stereocenters. The van der Waals surface area contributed by atoms with Gasteiger partial charge in [-0.15, -0.1) is 0 Å². The lowest BCUT2D eigenvalue weighted by Crippen LogP contribution is -2.52. The molecule has 1 heterocycles. The van der Waals surface area contributed by atoms with E-state index in [-0.39, 0.29) is 18.4 Å². The quantitative estimate of drug-likeness (QED) is 0.841. The third-order valence-electron chi connectivity index (χ3n) is 5.10. The van der Waals surface area contributed by atoms with E-state index in [1.54, 1.807) is 24.9 Å². The molecule has 1 N–H and O–H groups in total. The molecule has 1 aliphatic rings. The number of ether oxygens (including phenoxy) is 2. The van der Waals surface area contributed by atoms with Crippen molar-refractivity contribution in [2.75, 3.05) is 18.5 Å². The minimum atomic E-state index is -0.765. The maximum atomic E-state index is 13.2. The molecule has 0 unspecified atom stereocenters. The highest BCUT2D eigenvalue weighted by molar-refractivity contribution is 5.99. The molecule has 29 heavy (non-hydrogen) atoms. The lowest BCUT2D eigenvalue weighted by Gasteiger charge is -2.35. The molecule has 2 aromatic carbocycles. The predicted octanol–water partition coefficient (Wildman–Crippen LogP) is 3.43. The summed E-state index contributed by atoms with van der Waals surface area (Å²) in [4.78, 5) is 26.9. The van der Waals surface area contributed by atoms with Crippen molar-refractivity contribution in [1.29, 1.82) is 0 Å². The summed E-state index contributed by atoms with van der Waals surface area (Å²) in [6, 6.07) is 13.1. The Labute approximate surface area is 171 Å². The van der Waals surface area contributed by atoms with Crippen molar-refractivity contribution in [1.82, 2.24) is 5.32 Å². The number of benzene rings is 2.